The summed E-state index contributed by atoms with van der Waals surface area (Å²) in [5.41, 5.74) is 0. The van der Waals surface area contributed by atoms with Gasteiger partial charge < -0.3 is 15.5 Å². The standard InChI is InChI=1S/C13H21NO2S/c15-8-11(9-16)14-13(10-4-1-2-5-10)12-6-3-7-17-12/h3,6-7,10-11,13-16H,1-2,4-5,8-9H2. The summed E-state index contributed by atoms with van der Waals surface area (Å²) >= 11 is 1.76. The third-order valence-electron chi connectivity index (χ3n) is 3.58. The molecule has 1 atom stereocenters. The van der Waals surface area contributed by atoms with E-state index in [2.05, 4.69) is 22.8 Å². The van der Waals surface area contributed by atoms with Crippen molar-refractivity contribution in [1.29, 1.82) is 0 Å². The lowest BCUT2D eigenvalue weighted by atomic mass is 9.96. The molecule has 0 aromatic carbocycles. The van der Waals surface area contributed by atoms with Gasteiger partial charge in [-0.15, -0.1) is 11.3 Å². The maximum absolute atomic E-state index is 9.20. The Bertz CT molecular complexity index is 305. The smallest absolute Gasteiger partial charge is 0.0607 e. The summed E-state index contributed by atoms with van der Waals surface area (Å²) in [4.78, 5) is 1.32. The van der Waals surface area contributed by atoms with E-state index < -0.39 is 0 Å². The van der Waals surface area contributed by atoms with E-state index in [1.807, 2.05) is 0 Å². The van der Waals surface area contributed by atoms with Crippen LogP contribution in [0.2, 0.25) is 0 Å². The van der Waals surface area contributed by atoms with Crippen LogP contribution in [0.15, 0.2) is 17.5 Å². The average molecular weight is 255 g/mol. The van der Waals surface area contributed by atoms with Crippen LogP contribution >= 0.6 is 11.3 Å². The van der Waals surface area contributed by atoms with Gasteiger partial charge >= 0.3 is 0 Å². The van der Waals surface area contributed by atoms with Crippen LogP contribution in [0, 0.1) is 5.92 Å². The van der Waals surface area contributed by atoms with Crippen molar-refractivity contribution in [3.63, 3.8) is 0 Å². The van der Waals surface area contributed by atoms with Crippen LogP contribution in [0.4, 0.5) is 0 Å². The van der Waals surface area contributed by atoms with Gasteiger partial charge in [0.2, 0.25) is 0 Å². The Morgan fingerprint density at radius 1 is 1.29 bits per heavy atom. The molecular formula is C13H21NO2S. The maximum atomic E-state index is 9.20. The molecule has 0 aliphatic heterocycles. The molecule has 0 saturated heterocycles. The molecule has 0 radical (unpaired) electrons. The lowest BCUT2D eigenvalue weighted by molar-refractivity contribution is 0.152. The molecule has 0 bridgehead atoms. The fraction of sp³-hybridized carbons (Fsp3) is 0.692. The topological polar surface area (TPSA) is 52.5 Å². The van der Waals surface area contributed by atoms with Crippen LogP contribution in [0.25, 0.3) is 0 Å². The molecule has 1 heterocycles. The van der Waals surface area contributed by atoms with Crippen molar-refractivity contribution in [1.82, 2.24) is 5.32 Å². The minimum absolute atomic E-state index is 0.00883. The van der Waals surface area contributed by atoms with Crippen molar-refractivity contribution >= 4 is 11.3 Å². The van der Waals surface area contributed by atoms with E-state index in [1.54, 1.807) is 11.3 Å². The van der Waals surface area contributed by atoms with E-state index in [0.717, 1.165) is 0 Å². The summed E-state index contributed by atoms with van der Waals surface area (Å²) in [5, 5.41) is 23.9. The minimum atomic E-state index is -0.206. The Kier molecular flexibility index (Phi) is 4.98. The van der Waals surface area contributed by atoms with Gasteiger partial charge in [-0.1, -0.05) is 18.9 Å². The zero-order chi connectivity index (χ0) is 12.1. The van der Waals surface area contributed by atoms with Gasteiger partial charge in [0.25, 0.3) is 0 Å². The third-order valence-corrected chi connectivity index (χ3v) is 4.53. The van der Waals surface area contributed by atoms with Crippen LogP contribution in [0.3, 0.4) is 0 Å². The maximum Gasteiger partial charge on any atom is 0.0607 e. The summed E-state index contributed by atoms with van der Waals surface area (Å²) < 4.78 is 0. The van der Waals surface area contributed by atoms with Crippen molar-refractivity contribution in [2.75, 3.05) is 13.2 Å². The highest BCUT2D eigenvalue weighted by atomic mass is 32.1. The third kappa shape index (κ3) is 3.28. The Morgan fingerprint density at radius 2 is 2.00 bits per heavy atom. The average Bonchev–Trinajstić information content (AvgIpc) is 3.03. The quantitative estimate of drug-likeness (QED) is 0.728. The SMILES string of the molecule is OCC(CO)NC(c1cccs1)C1CCCC1. The van der Waals surface area contributed by atoms with Gasteiger partial charge in [0.15, 0.2) is 0 Å². The first-order valence-electron chi connectivity index (χ1n) is 6.36. The molecule has 3 nitrogen and oxygen atoms in total. The van der Waals surface area contributed by atoms with Gasteiger partial charge in [0, 0.05) is 10.9 Å². The summed E-state index contributed by atoms with van der Waals surface area (Å²) in [6.07, 6.45) is 5.10. The first-order chi connectivity index (χ1) is 8.35. The van der Waals surface area contributed by atoms with Crippen LogP contribution in [0.1, 0.15) is 36.6 Å². The molecule has 2 rings (SSSR count). The highest BCUT2D eigenvalue weighted by Gasteiger charge is 2.28. The molecule has 96 valence electrons. The van der Waals surface area contributed by atoms with Crippen LogP contribution < -0.4 is 5.32 Å². The molecule has 1 aromatic heterocycles. The predicted molar refractivity (Wildman–Crippen MR) is 70.1 cm³/mol. The first kappa shape index (κ1) is 13.0. The van der Waals surface area contributed by atoms with Gasteiger partial charge in [0.1, 0.15) is 0 Å². The monoisotopic (exact) mass is 255 g/mol. The normalized spacial score (nSPS) is 19.0. The summed E-state index contributed by atoms with van der Waals surface area (Å²) in [6.45, 7) is -0.0177. The van der Waals surface area contributed by atoms with E-state index >= 15 is 0 Å². The molecule has 1 aliphatic carbocycles. The Balaban J connectivity index is 2.06. The van der Waals surface area contributed by atoms with Crippen LogP contribution in [-0.4, -0.2) is 29.5 Å². The molecule has 0 amide bonds. The molecule has 1 fully saturated rings. The number of hydrogen-bond acceptors (Lipinski definition) is 4. The lowest BCUT2D eigenvalue weighted by Crippen LogP contribution is -2.40. The largest absolute Gasteiger partial charge is 0.395 e. The van der Waals surface area contributed by atoms with E-state index in [-0.39, 0.29) is 19.3 Å². The first-order valence-corrected chi connectivity index (χ1v) is 7.24. The summed E-state index contributed by atoms with van der Waals surface area (Å²) in [5.74, 6) is 0.647. The molecule has 1 aromatic rings. The van der Waals surface area contributed by atoms with Gasteiger partial charge in [-0.2, -0.15) is 0 Å². The van der Waals surface area contributed by atoms with E-state index in [4.69, 9.17) is 0 Å². The second-order valence-electron chi connectivity index (χ2n) is 4.77. The summed E-state index contributed by atoms with van der Waals surface area (Å²) in [6, 6.07) is 4.30. The number of aliphatic hydroxyl groups is 2. The van der Waals surface area contributed by atoms with Crippen molar-refractivity contribution in [3.8, 4) is 0 Å². The molecule has 1 aliphatic rings. The molecule has 1 unspecified atom stereocenters. The van der Waals surface area contributed by atoms with Gasteiger partial charge in [-0.05, 0) is 30.2 Å². The molecule has 0 spiro atoms. The van der Waals surface area contributed by atoms with Crippen molar-refractivity contribution < 1.29 is 10.2 Å². The number of aliphatic hydroxyl groups excluding tert-OH is 2. The zero-order valence-electron chi connectivity index (χ0n) is 10.0. The van der Waals surface area contributed by atoms with E-state index in [1.165, 1.54) is 30.6 Å². The minimum Gasteiger partial charge on any atom is -0.395 e. The second-order valence-corrected chi connectivity index (χ2v) is 5.75. The number of thiophene rings is 1. The van der Waals surface area contributed by atoms with Crippen molar-refractivity contribution in [2.45, 2.75) is 37.8 Å². The number of rotatable bonds is 6. The summed E-state index contributed by atoms with van der Waals surface area (Å²) in [7, 11) is 0. The Labute approximate surface area is 106 Å². The highest BCUT2D eigenvalue weighted by Crippen LogP contribution is 2.37. The van der Waals surface area contributed by atoms with Crippen molar-refractivity contribution in [3.05, 3.63) is 22.4 Å². The fourth-order valence-electron chi connectivity index (χ4n) is 2.63. The Hall–Kier alpha value is -0.420. The lowest BCUT2D eigenvalue weighted by Gasteiger charge is -2.27. The molecule has 3 N–H and O–H groups in total. The zero-order valence-corrected chi connectivity index (χ0v) is 10.8. The van der Waals surface area contributed by atoms with E-state index in [9.17, 15) is 10.2 Å². The van der Waals surface area contributed by atoms with Gasteiger partial charge in [-0.25, -0.2) is 0 Å². The molecular weight excluding hydrogens is 234 g/mol. The fourth-order valence-corrected chi connectivity index (χ4v) is 3.51. The second kappa shape index (κ2) is 6.50. The highest BCUT2D eigenvalue weighted by molar-refractivity contribution is 7.10. The number of nitrogens with one attached hydrogen (secondary N) is 1. The Morgan fingerprint density at radius 3 is 2.53 bits per heavy atom. The van der Waals surface area contributed by atoms with Crippen LogP contribution in [-0.2, 0) is 0 Å². The van der Waals surface area contributed by atoms with Crippen LogP contribution in [0.5, 0.6) is 0 Å². The molecule has 1 saturated carbocycles. The molecule has 4 heteroatoms. The van der Waals surface area contributed by atoms with E-state index in [0.29, 0.717) is 12.0 Å². The predicted octanol–water partition coefficient (Wildman–Crippen LogP) is 1.92. The molecule has 17 heavy (non-hydrogen) atoms. The van der Waals surface area contributed by atoms with Crippen molar-refractivity contribution in [2.24, 2.45) is 5.92 Å². The van der Waals surface area contributed by atoms with Gasteiger partial charge in [0.05, 0.1) is 19.3 Å². The number of hydrogen-bond donors (Lipinski definition) is 3. The van der Waals surface area contributed by atoms with Gasteiger partial charge in [-0.3, -0.25) is 0 Å².